The molecule has 1 aromatic rings. The molecule has 0 radical (unpaired) electrons. The molecule has 112 valence electrons. The number of ether oxygens (including phenoxy) is 1. The van der Waals surface area contributed by atoms with Crippen LogP contribution >= 0.6 is 0 Å². The minimum Gasteiger partial charge on any atom is -0.497 e. The van der Waals surface area contributed by atoms with Crippen molar-refractivity contribution in [3.63, 3.8) is 0 Å². The topological polar surface area (TPSA) is 66.8 Å². The fraction of sp³-hybridized carbons (Fsp3) is 0.571. The lowest BCUT2D eigenvalue weighted by Gasteiger charge is -2.22. The Morgan fingerprint density at radius 3 is 2.95 bits per heavy atom. The van der Waals surface area contributed by atoms with Crippen molar-refractivity contribution in [2.45, 2.75) is 23.8 Å². The molecular weight excluding hydrogens is 278 g/mol. The van der Waals surface area contributed by atoms with Crippen molar-refractivity contribution >= 4 is 9.84 Å². The highest BCUT2D eigenvalue weighted by Gasteiger charge is 2.25. The lowest BCUT2D eigenvalue weighted by atomic mass is 10.2. The van der Waals surface area contributed by atoms with Crippen LogP contribution < -0.4 is 4.74 Å². The van der Waals surface area contributed by atoms with Gasteiger partial charge in [-0.05, 0) is 37.6 Å². The number of benzene rings is 1. The number of aliphatic hydroxyl groups is 1. The van der Waals surface area contributed by atoms with Gasteiger partial charge in [0.1, 0.15) is 5.75 Å². The molecule has 1 aliphatic rings. The highest BCUT2D eigenvalue weighted by atomic mass is 32.2. The van der Waals surface area contributed by atoms with Gasteiger partial charge in [0.2, 0.25) is 0 Å². The van der Waals surface area contributed by atoms with Crippen molar-refractivity contribution in [3.05, 3.63) is 24.3 Å². The van der Waals surface area contributed by atoms with E-state index in [1.807, 2.05) is 0 Å². The minimum absolute atomic E-state index is 0.0661. The van der Waals surface area contributed by atoms with Crippen LogP contribution in [0.5, 0.6) is 5.75 Å². The van der Waals surface area contributed by atoms with Crippen LogP contribution in [0.4, 0.5) is 0 Å². The quantitative estimate of drug-likeness (QED) is 0.846. The van der Waals surface area contributed by atoms with Gasteiger partial charge in [0, 0.05) is 12.6 Å². The van der Waals surface area contributed by atoms with Crippen LogP contribution in [0.15, 0.2) is 29.2 Å². The van der Waals surface area contributed by atoms with Gasteiger partial charge in [0.15, 0.2) is 9.84 Å². The number of hydrogen-bond acceptors (Lipinski definition) is 5. The van der Waals surface area contributed by atoms with Crippen LogP contribution in [0.1, 0.15) is 12.8 Å². The third-order valence-electron chi connectivity index (χ3n) is 3.76. The molecule has 1 heterocycles. The molecule has 1 fully saturated rings. The predicted octanol–water partition coefficient (Wildman–Crippen LogP) is 0.926. The van der Waals surface area contributed by atoms with E-state index in [0.717, 1.165) is 19.4 Å². The Morgan fingerprint density at radius 2 is 2.25 bits per heavy atom. The number of aliphatic hydroxyl groups excluding tert-OH is 1. The molecule has 6 heteroatoms. The number of hydrogen-bond donors (Lipinski definition) is 1. The second kappa shape index (κ2) is 6.56. The van der Waals surface area contributed by atoms with Crippen molar-refractivity contribution in [3.8, 4) is 5.75 Å². The SMILES string of the molecule is COc1cccc(S(=O)(=O)CCN2CCC[C@H]2CO)c1. The number of methoxy groups -OCH3 is 1. The highest BCUT2D eigenvalue weighted by Crippen LogP contribution is 2.20. The summed E-state index contributed by atoms with van der Waals surface area (Å²) in [5, 5.41) is 9.24. The van der Waals surface area contributed by atoms with E-state index < -0.39 is 9.84 Å². The predicted molar refractivity (Wildman–Crippen MR) is 76.7 cm³/mol. The summed E-state index contributed by atoms with van der Waals surface area (Å²) in [4.78, 5) is 2.34. The van der Waals surface area contributed by atoms with Gasteiger partial charge in [-0.1, -0.05) is 6.07 Å². The molecule has 5 nitrogen and oxygen atoms in total. The van der Waals surface area contributed by atoms with Gasteiger partial charge >= 0.3 is 0 Å². The van der Waals surface area contributed by atoms with E-state index in [4.69, 9.17) is 4.74 Å². The number of sulfone groups is 1. The van der Waals surface area contributed by atoms with E-state index in [2.05, 4.69) is 4.90 Å². The first-order chi connectivity index (χ1) is 9.56. The Morgan fingerprint density at radius 1 is 1.45 bits per heavy atom. The third kappa shape index (κ3) is 3.50. The Bertz CT molecular complexity index is 544. The monoisotopic (exact) mass is 299 g/mol. The molecule has 1 aliphatic heterocycles. The van der Waals surface area contributed by atoms with Crippen LogP contribution in [-0.4, -0.2) is 57.0 Å². The van der Waals surface area contributed by atoms with Crippen LogP contribution in [0.25, 0.3) is 0 Å². The smallest absolute Gasteiger partial charge is 0.179 e. The fourth-order valence-electron chi connectivity index (χ4n) is 2.55. The van der Waals surface area contributed by atoms with Gasteiger partial charge in [0.05, 0.1) is 24.4 Å². The maximum atomic E-state index is 12.3. The van der Waals surface area contributed by atoms with Gasteiger partial charge < -0.3 is 9.84 Å². The minimum atomic E-state index is -3.32. The Labute approximate surface area is 120 Å². The van der Waals surface area contributed by atoms with Gasteiger partial charge in [0.25, 0.3) is 0 Å². The van der Waals surface area contributed by atoms with Gasteiger partial charge in [-0.2, -0.15) is 0 Å². The summed E-state index contributed by atoms with van der Waals surface area (Å²) in [6.07, 6.45) is 1.96. The summed E-state index contributed by atoms with van der Waals surface area (Å²) in [6, 6.07) is 6.64. The second-order valence-corrected chi connectivity index (χ2v) is 7.12. The summed E-state index contributed by atoms with van der Waals surface area (Å²) in [7, 11) is -1.80. The number of rotatable bonds is 6. The molecule has 0 aliphatic carbocycles. The normalized spacial score (nSPS) is 20.2. The van der Waals surface area contributed by atoms with Crippen molar-refractivity contribution in [2.24, 2.45) is 0 Å². The molecular formula is C14H21NO4S. The van der Waals surface area contributed by atoms with Crippen LogP contribution in [0.3, 0.4) is 0 Å². The van der Waals surface area contributed by atoms with Gasteiger partial charge in [-0.15, -0.1) is 0 Å². The van der Waals surface area contributed by atoms with E-state index in [-0.39, 0.29) is 23.3 Å². The van der Waals surface area contributed by atoms with Crippen molar-refractivity contribution in [1.82, 2.24) is 4.90 Å². The Balaban J connectivity index is 2.03. The molecule has 0 saturated carbocycles. The third-order valence-corrected chi connectivity index (χ3v) is 5.45. The van der Waals surface area contributed by atoms with E-state index >= 15 is 0 Å². The summed E-state index contributed by atoms with van der Waals surface area (Å²) >= 11 is 0. The summed E-state index contributed by atoms with van der Waals surface area (Å²) < 4.78 is 29.7. The number of likely N-dealkylation sites (tertiary alicyclic amines) is 1. The summed E-state index contributed by atoms with van der Waals surface area (Å²) in [6.45, 7) is 1.42. The molecule has 0 amide bonds. The average Bonchev–Trinajstić information content (AvgIpc) is 2.93. The summed E-state index contributed by atoms with van der Waals surface area (Å²) in [5.41, 5.74) is 0. The van der Waals surface area contributed by atoms with E-state index in [0.29, 0.717) is 12.3 Å². The van der Waals surface area contributed by atoms with Gasteiger partial charge in [-0.3, -0.25) is 4.90 Å². The molecule has 1 saturated heterocycles. The lowest BCUT2D eigenvalue weighted by Crippen LogP contribution is -2.35. The molecule has 0 aromatic heterocycles. The Kier molecular flexibility index (Phi) is 5.01. The van der Waals surface area contributed by atoms with Crippen molar-refractivity contribution in [2.75, 3.05) is 32.6 Å². The zero-order valence-corrected chi connectivity index (χ0v) is 12.5. The Hall–Kier alpha value is -1.11. The van der Waals surface area contributed by atoms with Crippen LogP contribution in [0.2, 0.25) is 0 Å². The molecule has 0 spiro atoms. The van der Waals surface area contributed by atoms with E-state index in [9.17, 15) is 13.5 Å². The first kappa shape index (κ1) is 15.3. The zero-order chi connectivity index (χ0) is 14.6. The molecule has 0 bridgehead atoms. The van der Waals surface area contributed by atoms with Crippen LogP contribution in [-0.2, 0) is 9.84 Å². The molecule has 2 rings (SSSR count). The maximum absolute atomic E-state index is 12.3. The molecule has 1 aromatic carbocycles. The van der Waals surface area contributed by atoms with Crippen molar-refractivity contribution in [1.29, 1.82) is 0 Å². The molecule has 1 N–H and O–H groups in total. The fourth-order valence-corrected chi connectivity index (χ4v) is 3.84. The van der Waals surface area contributed by atoms with Crippen LogP contribution in [0, 0.1) is 0 Å². The van der Waals surface area contributed by atoms with E-state index in [1.165, 1.54) is 7.11 Å². The second-order valence-electron chi connectivity index (χ2n) is 5.01. The van der Waals surface area contributed by atoms with E-state index in [1.54, 1.807) is 24.3 Å². The van der Waals surface area contributed by atoms with Crippen molar-refractivity contribution < 1.29 is 18.3 Å². The largest absolute Gasteiger partial charge is 0.497 e. The summed E-state index contributed by atoms with van der Waals surface area (Å²) in [5.74, 6) is 0.608. The zero-order valence-electron chi connectivity index (χ0n) is 11.7. The molecule has 1 atom stereocenters. The average molecular weight is 299 g/mol. The lowest BCUT2D eigenvalue weighted by molar-refractivity contribution is 0.165. The van der Waals surface area contributed by atoms with Gasteiger partial charge in [-0.25, -0.2) is 8.42 Å². The number of nitrogens with zero attached hydrogens (tertiary/aromatic N) is 1. The molecule has 20 heavy (non-hydrogen) atoms. The standard InChI is InChI=1S/C14H21NO4S/c1-19-13-5-2-6-14(10-13)20(17,18)9-8-15-7-3-4-12(15)11-16/h2,5-6,10,12,16H,3-4,7-9,11H2,1H3/t12-/m0/s1. The maximum Gasteiger partial charge on any atom is 0.179 e. The first-order valence-electron chi connectivity index (χ1n) is 6.78. The highest BCUT2D eigenvalue weighted by molar-refractivity contribution is 7.91. The molecule has 0 unspecified atom stereocenters. The first-order valence-corrected chi connectivity index (χ1v) is 8.44.